The molecule has 0 aliphatic carbocycles. The Labute approximate surface area is 178 Å². The Balaban J connectivity index is 1.41. The number of nitrogens with zero attached hydrogens (tertiary/aromatic N) is 5. The molecule has 4 rings (SSSR count). The van der Waals surface area contributed by atoms with Crippen LogP contribution < -0.4 is 14.5 Å². The fraction of sp³-hybridized carbons (Fsp3) is 0.227. The van der Waals surface area contributed by atoms with E-state index in [1.807, 2.05) is 54.6 Å². The molecule has 0 N–H and O–H groups in total. The monoisotopic (exact) mass is 449 g/mol. The number of anilines is 2. The van der Waals surface area contributed by atoms with E-state index in [2.05, 4.69) is 41.8 Å². The smallest absolute Gasteiger partial charge is 0.137 e. The summed E-state index contributed by atoms with van der Waals surface area (Å²) in [4.78, 5) is 13.0. The van der Waals surface area contributed by atoms with Gasteiger partial charge >= 0.3 is 0 Å². The zero-order chi connectivity index (χ0) is 20.1. The molecule has 146 valence electrons. The van der Waals surface area contributed by atoms with Crippen LogP contribution in [0.2, 0.25) is 0 Å². The summed E-state index contributed by atoms with van der Waals surface area (Å²) < 4.78 is 6.66. The molecule has 0 amide bonds. The van der Waals surface area contributed by atoms with Crippen LogP contribution in [0.15, 0.2) is 65.5 Å². The van der Waals surface area contributed by atoms with Crippen LogP contribution >= 0.6 is 15.9 Å². The van der Waals surface area contributed by atoms with Gasteiger partial charge in [-0.15, -0.1) is 0 Å². The maximum Gasteiger partial charge on any atom is 0.137 e. The predicted molar refractivity (Wildman–Crippen MR) is 116 cm³/mol. The van der Waals surface area contributed by atoms with E-state index in [-0.39, 0.29) is 0 Å². The van der Waals surface area contributed by atoms with E-state index >= 15 is 0 Å². The Kier molecular flexibility index (Phi) is 5.92. The molecule has 6 nitrogen and oxygen atoms in total. The zero-order valence-electron chi connectivity index (χ0n) is 15.8. The molecule has 0 atom stereocenters. The highest BCUT2D eigenvalue weighted by atomic mass is 79.9. The number of piperazine rings is 1. The largest absolute Gasteiger partial charge is 0.488 e. The maximum absolute atomic E-state index is 9.58. The number of ether oxygens (including phenoxy) is 1. The van der Waals surface area contributed by atoms with Crippen molar-refractivity contribution in [2.45, 2.75) is 6.61 Å². The van der Waals surface area contributed by atoms with Crippen LogP contribution in [-0.4, -0.2) is 36.1 Å². The van der Waals surface area contributed by atoms with Crippen molar-refractivity contribution >= 4 is 27.4 Å². The molecule has 29 heavy (non-hydrogen) atoms. The Morgan fingerprint density at radius 3 is 2.45 bits per heavy atom. The number of aromatic nitrogens is 2. The van der Waals surface area contributed by atoms with E-state index in [9.17, 15) is 5.26 Å². The number of halogens is 1. The predicted octanol–water partition coefficient (Wildman–Crippen LogP) is 4.02. The molecule has 0 bridgehead atoms. The topological polar surface area (TPSA) is 65.3 Å². The first-order valence-electron chi connectivity index (χ1n) is 9.41. The van der Waals surface area contributed by atoms with Crippen molar-refractivity contribution in [3.05, 3.63) is 76.7 Å². The first-order valence-corrected chi connectivity index (χ1v) is 10.2. The van der Waals surface area contributed by atoms with E-state index < -0.39 is 0 Å². The van der Waals surface area contributed by atoms with Crippen LogP contribution in [0.4, 0.5) is 11.5 Å². The summed E-state index contributed by atoms with van der Waals surface area (Å²) in [7, 11) is 0. The molecule has 3 aromatic rings. The van der Waals surface area contributed by atoms with E-state index in [1.54, 1.807) is 6.33 Å². The Hall–Kier alpha value is -3.11. The molecular formula is C22H20BrN5O. The minimum Gasteiger partial charge on any atom is -0.488 e. The standard InChI is InChI=1S/C22H20BrN5O/c23-21-13-22(26-16-25-21)28-10-8-27(9-11-28)19-6-7-20(18(12-19)14-24)29-15-17-4-2-1-3-5-17/h1-7,12-13,16H,8-11,15H2. The van der Waals surface area contributed by atoms with Gasteiger partial charge in [-0.3, -0.25) is 0 Å². The van der Waals surface area contributed by atoms with Crippen LogP contribution in [0, 0.1) is 11.3 Å². The Morgan fingerprint density at radius 1 is 0.966 bits per heavy atom. The molecule has 1 aliphatic rings. The van der Waals surface area contributed by atoms with E-state index in [0.29, 0.717) is 17.9 Å². The molecule has 0 saturated carbocycles. The number of benzene rings is 2. The lowest BCUT2D eigenvalue weighted by molar-refractivity contribution is 0.305. The van der Waals surface area contributed by atoms with Crippen molar-refractivity contribution in [2.75, 3.05) is 36.0 Å². The van der Waals surface area contributed by atoms with Crippen LogP contribution in [0.3, 0.4) is 0 Å². The van der Waals surface area contributed by atoms with Crippen LogP contribution in [0.1, 0.15) is 11.1 Å². The molecule has 0 radical (unpaired) electrons. The van der Waals surface area contributed by atoms with E-state index in [0.717, 1.165) is 47.9 Å². The molecule has 0 spiro atoms. The van der Waals surface area contributed by atoms with Gasteiger partial charge in [0.25, 0.3) is 0 Å². The van der Waals surface area contributed by atoms with Gasteiger partial charge in [0.2, 0.25) is 0 Å². The van der Waals surface area contributed by atoms with Gasteiger partial charge in [-0.25, -0.2) is 9.97 Å². The third kappa shape index (κ3) is 4.66. The van der Waals surface area contributed by atoms with Gasteiger partial charge in [-0.1, -0.05) is 30.3 Å². The fourth-order valence-corrected chi connectivity index (χ4v) is 3.65. The second kappa shape index (κ2) is 8.93. The minimum atomic E-state index is 0.446. The molecule has 0 unspecified atom stereocenters. The molecule has 2 aromatic carbocycles. The summed E-state index contributed by atoms with van der Waals surface area (Å²) in [5, 5.41) is 9.58. The zero-order valence-corrected chi connectivity index (χ0v) is 17.4. The van der Waals surface area contributed by atoms with Crippen LogP contribution in [-0.2, 0) is 6.61 Å². The molecule has 1 aromatic heterocycles. The molecule has 1 saturated heterocycles. The summed E-state index contributed by atoms with van der Waals surface area (Å²) in [5.74, 6) is 1.54. The van der Waals surface area contributed by atoms with Crippen molar-refractivity contribution in [1.29, 1.82) is 5.26 Å². The van der Waals surface area contributed by atoms with E-state index in [1.165, 1.54) is 0 Å². The lowest BCUT2D eigenvalue weighted by Crippen LogP contribution is -2.46. The lowest BCUT2D eigenvalue weighted by atomic mass is 10.1. The Bertz CT molecular complexity index is 1010. The summed E-state index contributed by atoms with van der Waals surface area (Å²) in [6.45, 7) is 3.88. The normalized spacial score (nSPS) is 13.8. The number of hydrogen-bond donors (Lipinski definition) is 0. The summed E-state index contributed by atoms with van der Waals surface area (Å²) in [6, 6.07) is 20.0. The second-order valence-corrected chi connectivity index (χ2v) is 7.55. The minimum absolute atomic E-state index is 0.446. The third-order valence-electron chi connectivity index (χ3n) is 4.91. The SMILES string of the molecule is N#Cc1cc(N2CCN(c3cc(Br)ncn3)CC2)ccc1OCc1ccccc1. The van der Waals surface area contributed by atoms with Crippen molar-refractivity contribution < 1.29 is 4.74 Å². The number of hydrogen-bond acceptors (Lipinski definition) is 6. The molecule has 7 heteroatoms. The van der Waals surface area contributed by atoms with Crippen molar-refractivity contribution in [2.24, 2.45) is 0 Å². The summed E-state index contributed by atoms with van der Waals surface area (Å²) >= 11 is 3.40. The van der Waals surface area contributed by atoms with Crippen LogP contribution in [0.5, 0.6) is 5.75 Å². The van der Waals surface area contributed by atoms with Crippen molar-refractivity contribution in [3.8, 4) is 11.8 Å². The summed E-state index contributed by atoms with van der Waals surface area (Å²) in [5.41, 5.74) is 2.67. The van der Waals surface area contributed by atoms with Gasteiger partial charge in [0.1, 0.15) is 35.2 Å². The fourth-order valence-electron chi connectivity index (χ4n) is 3.35. The van der Waals surface area contributed by atoms with Crippen molar-refractivity contribution in [3.63, 3.8) is 0 Å². The average Bonchev–Trinajstić information content (AvgIpc) is 2.78. The molecule has 1 aliphatic heterocycles. The number of rotatable bonds is 5. The number of nitriles is 1. The first kappa shape index (κ1) is 19.2. The first-order chi connectivity index (χ1) is 14.2. The van der Waals surface area contributed by atoms with Gasteiger partial charge in [0, 0.05) is 37.9 Å². The maximum atomic E-state index is 9.58. The van der Waals surface area contributed by atoms with Gasteiger partial charge in [-0.2, -0.15) is 5.26 Å². The highest BCUT2D eigenvalue weighted by Gasteiger charge is 2.19. The second-order valence-electron chi connectivity index (χ2n) is 6.74. The van der Waals surface area contributed by atoms with Gasteiger partial charge in [0.15, 0.2) is 0 Å². The van der Waals surface area contributed by atoms with Gasteiger partial charge in [0.05, 0.1) is 5.56 Å². The van der Waals surface area contributed by atoms with Gasteiger partial charge < -0.3 is 14.5 Å². The lowest BCUT2D eigenvalue weighted by Gasteiger charge is -2.36. The van der Waals surface area contributed by atoms with Crippen LogP contribution in [0.25, 0.3) is 0 Å². The van der Waals surface area contributed by atoms with E-state index in [4.69, 9.17) is 4.74 Å². The van der Waals surface area contributed by atoms with Gasteiger partial charge in [-0.05, 0) is 39.7 Å². The quantitative estimate of drug-likeness (QED) is 0.548. The Morgan fingerprint density at radius 2 is 1.72 bits per heavy atom. The molecule has 1 fully saturated rings. The highest BCUT2D eigenvalue weighted by molar-refractivity contribution is 9.10. The third-order valence-corrected chi connectivity index (χ3v) is 5.34. The summed E-state index contributed by atoms with van der Waals surface area (Å²) in [6.07, 6.45) is 1.57. The highest BCUT2D eigenvalue weighted by Crippen LogP contribution is 2.27. The molecule has 2 heterocycles. The molecular weight excluding hydrogens is 430 g/mol. The average molecular weight is 450 g/mol. The van der Waals surface area contributed by atoms with Crippen molar-refractivity contribution in [1.82, 2.24) is 9.97 Å².